The lowest BCUT2D eigenvalue weighted by Crippen LogP contribution is -2.54. The molecule has 1 aromatic carbocycles. The van der Waals surface area contributed by atoms with Crippen LogP contribution in [0, 0.1) is 30.1 Å². The van der Waals surface area contributed by atoms with Gasteiger partial charge in [-0.3, -0.25) is 14.4 Å². The van der Waals surface area contributed by atoms with Crippen molar-refractivity contribution < 1.29 is 19.5 Å². The zero-order valence-corrected chi connectivity index (χ0v) is 27.3. The van der Waals surface area contributed by atoms with Crippen LogP contribution in [0.15, 0.2) is 30.3 Å². The second-order valence-electron chi connectivity index (χ2n) is 13.5. The Morgan fingerprint density at radius 3 is 2.34 bits per heavy atom. The molecule has 3 rings (SSSR count). The summed E-state index contributed by atoms with van der Waals surface area (Å²) in [5.41, 5.74) is 0.947. The Labute approximate surface area is 265 Å². The van der Waals surface area contributed by atoms with Gasteiger partial charge in [0.25, 0.3) is 0 Å². The van der Waals surface area contributed by atoms with Crippen LogP contribution in [0.4, 0.5) is 0 Å². The van der Waals surface area contributed by atoms with E-state index in [0.29, 0.717) is 31.2 Å². The molecule has 2 aliphatic rings. The lowest BCUT2D eigenvalue weighted by Gasteiger charge is -2.32. The number of likely N-dealkylation sites (tertiary alicyclic amines) is 1. The van der Waals surface area contributed by atoms with Crippen molar-refractivity contribution in [3.8, 4) is 12.3 Å². The van der Waals surface area contributed by atoms with Crippen molar-refractivity contribution >= 4 is 17.7 Å². The van der Waals surface area contributed by atoms with Crippen molar-refractivity contribution in [2.24, 2.45) is 17.8 Å². The Morgan fingerprint density at radius 1 is 1.02 bits per heavy atom. The van der Waals surface area contributed by atoms with Gasteiger partial charge >= 0.3 is 0 Å². The van der Waals surface area contributed by atoms with Gasteiger partial charge in [-0.05, 0) is 62.6 Å². The summed E-state index contributed by atoms with van der Waals surface area (Å²) in [5.74, 6) is 1.96. The fraction of sp³-hybridized carbons (Fsp3) is 0.694. The van der Waals surface area contributed by atoms with Crippen molar-refractivity contribution in [2.75, 3.05) is 33.2 Å². The average Bonchev–Trinajstić information content (AvgIpc) is 2.99. The van der Waals surface area contributed by atoms with Gasteiger partial charge in [-0.25, -0.2) is 0 Å². The predicted molar refractivity (Wildman–Crippen MR) is 176 cm³/mol. The largest absolute Gasteiger partial charge is 0.391 e. The van der Waals surface area contributed by atoms with Crippen molar-refractivity contribution in [1.29, 1.82) is 0 Å². The van der Waals surface area contributed by atoms with E-state index in [4.69, 9.17) is 6.42 Å². The van der Waals surface area contributed by atoms with Crippen LogP contribution in [-0.4, -0.2) is 84.0 Å². The SMILES string of the molecule is C#CCC(NC(=O)C(CC(=O)N(C)CCN1CCC1)Cc1ccccc1)C(=O)N[C@@H](CC1CCCCC1)C(O)CCC(C)C. The van der Waals surface area contributed by atoms with Gasteiger partial charge in [-0.1, -0.05) is 76.3 Å². The smallest absolute Gasteiger partial charge is 0.243 e. The van der Waals surface area contributed by atoms with Crippen LogP contribution in [0.5, 0.6) is 0 Å². The van der Waals surface area contributed by atoms with E-state index < -0.39 is 24.1 Å². The second kappa shape index (κ2) is 18.8. The highest BCUT2D eigenvalue weighted by Crippen LogP contribution is 2.29. The van der Waals surface area contributed by atoms with Crippen molar-refractivity contribution in [3.63, 3.8) is 0 Å². The minimum absolute atomic E-state index is 0.0253. The molecule has 2 fully saturated rings. The summed E-state index contributed by atoms with van der Waals surface area (Å²) in [4.78, 5) is 44.6. The molecule has 3 amide bonds. The molecule has 8 nitrogen and oxygen atoms in total. The number of nitrogens with zero attached hydrogens (tertiary/aromatic N) is 2. The first kappa shape index (κ1) is 35.6. The average molecular weight is 609 g/mol. The normalized spacial score (nSPS) is 18.4. The van der Waals surface area contributed by atoms with Crippen LogP contribution in [0.25, 0.3) is 0 Å². The third-order valence-corrected chi connectivity index (χ3v) is 9.34. The number of carbonyl (C=O) groups excluding carboxylic acids is 3. The van der Waals surface area contributed by atoms with Crippen LogP contribution in [0.3, 0.4) is 0 Å². The van der Waals surface area contributed by atoms with E-state index in [9.17, 15) is 19.5 Å². The third-order valence-electron chi connectivity index (χ3n) is 9.34. The van der Waals surface area contributed by atoms with Crippen LogP contribution >= 0.6 is 0 Å². The Kier molecular flexibility index (Phi) is 15.2. The molecule has 3 N–H and O–H groups in total. The number of aliphatic hydroxyl groups excluding tert-OH is 1. The summed E-state index contributed by atoms with van der Waals surface area (Å²) in [7, 11) is 1.78. The zero-order valence-electron chi connectivity index (χ0n) is 27.3. The molecule has 4 atom stereocenters. The Hall–Kier alpha value is -2.89. The summed E-state index contributed by atoms with van der Waals surface area (Å²) in [6.45, 7) is 7.82. The number of benzene rings is 1. The van der Waals surface area contributed by atoms with Crippen LogP contribution in [-0.2, 0) is 20.8 Å². The number of hydrogen-bond acceptors (Lipinski definition) is 5. The Balaban J connectivity index is 1.69. The molecule has 3 unspecified atom stereocenters. The number of terminal acetylenes is 1. The van der Waals surface area contributed by atoms with E-state index in [1.54, 1.807) is 11.9 Å². The molecule has 0 radical (unpaired) electrons. The zero-order chi connectivity index (χ0) is 31.9. The molecule has 44 heavy (non-hydrogen) atoms. The molecule has 1 aromatic rings. The molecule has 1 saturated heterocycles. The van der Waals surface area contributed by atoms with Crippen LogP contribution < -0.4 is 10.6 Å². The van der Waals surface area contributed by atoms with E-state index in [2.05, 4.69) is 35.3 Å². The summed E-state index contributed by atoms with van der Waals surface area (Å²) in [6, 6.07) is 8.28. The summed E-state index contributed by atoms with van der Waals surface area (Å²) >= 11 is 0. The Morgan fingerprint density at radius 2 is 1.73 bits per heavy atom. The second-order valence-corrected chi connectivity index (χ2v) is 13.5. The third kappa shape index (κ3) is 12.2. The van der Waals surface area contributed by atoms with E-state index in [0.717, 1.165) is 50.9 Å². The number of amides is 3. The molecule has 244 valence electrons. The number of carbonyl (C=O) groups is 3. The highest BCUT2D eigenvalue weighted by atomic mass is 16.3. The molecule has 1 aliphatic carbocycles. The van der Waals surface area contributed by atoms with E-state index in [1.807, 2.05) is 30.3 Å². The van der Waals surface area contributed by atoms with Gasteiger partial charge < -0.3 is 25.5 Å². The van der Waals surface area contributed by atoms with E-state index in [-0.39, 0.29) is 30.6 Å². The monoisotopic (exact) mass is 608 g/mol. The molecule has 0 bridgehead atoms. The lowest BCUT2D eigenvalue weighted by atomic mass is 9.83. The van der Waals surface area contributed by atoms with Gasteiger partial charge in [0.1, 0.15) is 6.04 Å². The fourth-order valence-corrected chi connectivity index (χ4v) is 6.24. The number of nitrogens with one attached hydrogen (secondary N) is 2. The number of hydrogen-bond donors (Lipinski definition) is 3. The maximum atomic E-state index is 13.7. The number of aliphatic hydroxyl groups is 1. The van der Waals surface area contributed by atoms with Gasteiger partial charge in [0.2, 0.25) is 17.7 Å². The summed E-state index contributed by atoms with van der Waals surface area (Å²) in [5, 5.41) is 17.1. The maximum absolute atomic E-state index is 13.7. The predicted octanol–water partition coefficient (Wildman–Crippen LogP) is 4.16. The first-order valence-electron chi connectivity index (χ1n) is 16.9. The molecular weight excluding hydrogens is 552 g/mol. The Bertz CT molecular complexity index is 1060. The maximum Gasteiger partial charge on any atom is 0.243 e. The standard InChI is InChI=1S/C36H56N4O4/c1-5-13-31(36(44)38-32(33(41)19-18-27(2)3)25-29-16-10-7-11-17-29)37-35(43)30(24-28-14-8-6-9-15-28)26-34(42)39(4)22-23-40-20-12-21-40/h1,6,8-9,14-15,27,29-33,41H,7,10-13,16-26H2,2-4H3,(H,37,43)(H,38,44)/t30?,31?,32-,33?/m0/s1. The molecule has 0 aromatic heterocycles. The molecular formula is C36H56N4O4. The highest BCUT2D eigenvalue weighted by molar-refractivity contribution is 5.91. The highest BCUT2D eigenvalue weighted by Gasteiger charge is 2.32. The quantitative estimate of drug-likeness (QED) is 0.217. The van der Waals surface area contributed by atoms with E-state index in [1.165, 1.54) is 25.7 Å². The topological polar surface area (TPSA) is 102 Å². The van der Waals surface area contributed by atoms with Gasteiger partial charge in [0, 0.05) is 33.0 Å². The lowest BCUT2D eigenvalue weighted by molar-refractivity contribution is -0.136. The molecule has 1 heterocycles. The molecule has 1 aliphatic heterocycles. The first-order valence-corrected chi connectivity index (χ1v) is 16.9. The molecule has 1 saturated carbocycles. The van der Waals surface area contributed by atoms with Crippen molar-refractivity contribution in [3.05, 3.63) is 35.9 Å². The van der Waals surface area contributed by atoms with Gasteiger partial charge in [-0.15, -0.1) is 12.3 Å². The van der Waals surface area contributed by atoms with Crippen molar-refractivity contribution in [1.82, 2.24) is 20.4 Å². The summed E-state index contributed by atoms with van der Waals surface area (Å²) < 4.78 is 0. The minimum Gasteiger partial charge on any atom is -0.391 e. The molecule has 0 spiro atoms. The number of likely N-dealkylation sites (N-methyl/N-ethyl adjacent to an activating group) is 1. The number of rotatable bonds is 18. The minimum atomic E-state index is -0.948. The fourth-order valence-electron chi connectivity index (χ4n) is 6.24. The van der Waals surface area contributed by atoms with Crippen molar-refractivity contribution in [2.45, 2.75) is 109 Å². The van der Waals surface area contributed by atoms with Gasteiger partial charge in [0.05, 0.1) is 18.1 Å². The van der Waals surface area contributed by atoms with Crippen LogP contribution in [0.1, 0.15) is 90.0 Å². The van der Waals surface area contributed by atoms with Gasteiger partial charge in [0.15, 0.2) is 0 Å². The van der Waals surface area contributed by atoms with Gasteiger partial charge in [-0.2, -0.15) is 0 Å². The van der Waals surface area contributed by atoms with E-state index >= 15 is 0 Å². The summed E-state index contributed by atoms with van der Waals surface area (Å²) in [6.07, 6.45) is 14.6. The first-order chi connectivity index (χ1) is 21.2. The van der Waals surface area contributed by atoms with Crippen LogP contribution in [0.2, 0.25) is 0 Å². The molecule has 8 heteroatoms.